The molecule has 1 aliphatic heterocycles. The standard InChI is InChI=1S/C18H17NO2/c1-21-14-7-8-16-15(11-14)17(20)18(9-10-18)19(16)12-13-5-3-2-4-6-13/h2-8,11H,9-10,12H2,1H3. The van der Waals surface area contributed by atoms with Crippen LogP contribution in [0.1, 0.15) is 28.8 Å². The first-order valence-electron chi connectivity index (χ1n) is 7.29. The van der Waals surface area contributed by atoms with E-state index >= 15 is 0 Å². The number of anilines is 1. The molecular weight excluding hydrogens is 262 g/mol. The molecule has 0 amide bonds. The van der Waals surface area contributed by atoms with Crippen LogP contribution in [0.4, 0.5) is 5.69 Å². The van der Waals surface area contributed by atoms with Crippen LogP contribution in [0.15, 0.2) is 48.5 Å². The molecule has 3 heteroatoms. The highest BCUT2D eigenvalue weighted by molar-refractivity contribution is 6.16. The fourth-order valence-corrected chi connectivity index (χ4v) is 3.28. The number of rotatable bonds is 3. The number of Topliss-reactive ketones (excluding diaryl/α,β-unsaturated/α-hetero) is 1. The molecule has 106 valence electrons. The number of ether oxygens (including phenoxy) is 1. The molecular formula is C18H17NO2. The van der Waals surface area contributed by atoms with Crippen molar-refractivity contribution < 1.29 is 9.53 Å². The molecule has 2 aliphatic rings. The number of benzene rings is 2. The van der Waals surface area contributed by atoms with Gasteiger partial charge in [-0.1, -0.05) is 30.3 Å². The molecule has 1 saturated carbocycles. The van der Waals surface area contributed by atoms with Crippen molar-refractivity contribution in [2.24, 2.45) is 0 Å². The lowest BCUT2D eigenvalue weighted by Gasteiger charge is -2.26. The Morgan fingerprint density at radius 3 is 2.57 bits per heavy atom. The zero-order chi connectivity index (χ0) is 14.4. The zero-order valence-electron chi connectivity index (χ0n) is 12.0. The first-order valence-corrected chi connectivity index (χ1v) is 7.29. The first-order chi connectivity index (χ1) is 10.2. The smallest absolute Gasteiger partial charge is 0.190 e. The zero-order valence-corrected chi connectivity index (χ0v) is 12.0. The molecule has 0 aromatic heterocycles. The van der Waals surface area contributed by atoms with Crippen LogP contribution in [0.2, 0.25) is 0 Å². The largest absolute Gasteiger partial charge is 0.497 e. The van der Waals surface area contributed by atoms with Crippen molar-refractivity contribution in [3.05, 3.63) is 59.7 Å². The maximum Gasteiger partial charge on any atom is 0.190 e. The van der Waals surface area contributed by atoms with Crippen molar-refractivity contribution in [1.82, 2.24) is 0 Å². The van der Waals surface area contributed by atoms with Crippen molar-refractivity contribution in [3.8, 4) is 5.75 Å². The average molecular weight is 279 g/mol. The Labute approximate surface area is 124 Å². The summed E-state index contributed by atoms with van der Waals surface area (Å²) in [5.41, 5.74) is 2.80. The molecule has 1 fully saturated rings. The number of carbonyl (C=O) groups is 1. The highest BCUT2D eigenvalue weighted by Gasteiger charge is 2.59. The van der Waals surface area contributed by atoms with Crippen LogP contribution in [0, 0.1) is 0 Å². The summed E-state index contributed by atoms with van der Waals surface area (Å²) >= 11 is 0. The monoisotopic (exact) mass is 279 g/mol. The van der Waals surface area contributed by atoms with E-state index in [0.717, 1.165) is 36.4 Å². The summed E-state index contributed by atoms with van der Waals surface area (Å²) in [5, 5.41) is 0. The van der Waals surface area contributed by atoms with Crippen LogP contribution < -0.4 is 9.64 Å². The molecule has 0 bridgehead atoms. The van der Waals surface area contributed by atoms with E-state index in [2.05, 4.69) is 17.0 Å². The maximum atomic E-state index is 12.8. The van der Waals surface area contributed by atoms with Gasteiger partial charge in [0.15, 0.2) is 5.78 Å². The highest BCUT2D eigenvalue weighted by Crippen LogP contribution is 2.54. The normalized spacial score (nSPS) is 18.0. The number of fused-ring (bicyclic) bond motifs is 1. The van der Waals surface area contributed by atoms with Crippen LogP contribution in [0.3, 0.4) is 0 Å². The average Bonchev–Trinajstić information content (AvgIpc) is 3.30. The van der Waals surface area contributed by atoms with E-state index in [1.165, 1.54) is 5.56 Å². The van der Waals surface area contributed by atoms with Crippen molar-refractivity contribution in [3.63, 3.8) is 0 Å². The Bertz CT molecular complexity index is 704. The second kappa shape index (κ2) is 4.35. The fourth-order valence-electron chi connectivity index (χ4n) is 3.28. The fraction of sp³-hybridized carbons (Fsp3) is 0.278. The van der Waals surface area contributed by atoms with Gasteiger partial charge in [-0.15, -0.1) is 0 Å². The van der Waals surface area contributed by atoms with Gasteiger partial charge in [0.1, 0.15) is 11.3 Å². The molecule has 1 heterocycles. The molecule has 1 spiro atoms. The predicted octanol–water partition coefficient (Wildman–Crippen LogP) is 3.43. The Kier molecular flexibility index (Phi) is 2.58. The number of nitrogens with zero attached hydrogens (tertiary/aromatic N) is 1. The van der Waals surface area contributed by atoms with E-state index in [0.29, 0.717) is 0 Å². The molecule has 0 saturated heterocycles. The molecule has 0 radical (unpaired) electrons. The summed E-state index contributed by atoms with van der Waals surface area (Å²) in [4.78, 5) is 15.0. The van der Waals surface area contributed by atoms with Gasteiger partial charge in [-0.25, -0.2) is 0 Å². The third-order valence-electron chi connectivity index (χ3n) is 4.59. The Morgan fingerprint density at radius 1 is 1.14 bits per heavy atom. The van der Waals surface area contributed by atoms with E-state index in [4.69, 9.17) is 4.74 Å². The third-order valence-corrected chi connectivity index (χ3v) is 4.59. The Morgan fingerprint density at radius 2 is 1.90 bits per heavy atom. The Hall–Kier alpha value is -2.29. The summed E-state index contributed by atoms with van der Waals surface area (Å²) in [5.74, 6) is 1.01. The summed E-state index contributed by atoms with van der Waals surface area (Å²) in [7, 11) is 1.63. The maximum absolute atomic E-state index is 12.8. The molecule has 4 rings (SSSR count). The molecule has 0 atom stereocenters. The quantitative estimate of drug-likeness (QED) is 0.862. The lowest BCUT2D eigenvalue weighted by atomic mass is 10.1. The van der Waals surface area contributed by atoms with Crippen molar-refractivity contribution in [2.45, 2.75) is 24.9 Å². The summed E-state index contributed by atoms with van der Waals surface area (Å²) in [6.07, 6.45) is 1.91. The number of hydrogen-bond acceptors (Lipinski definition) is 3. The minimum Gasteiger partial charge on any atom is -0.497 e. The summed E-state index contributed by atoms with van der Waals surface area (Å²) in [6.45, 7) is 0.784. The minimum atomic E-state index is -0.287. The second-order valence-electron chi connectivity index (χ2n) is 5.82. The van der Waals surface area contributed by atoms with Gasteiger partial charge < -0.3 is 9.64 Å². The molecule has 2 aromatic carbocycles. The van der Waals surface area contributed by atoms with Gasteiger partial charge in [-0.3, -0.25) is 4.79 Å². The number of ketones is 1. The number of carbonyl (C=O) groups excluding carboxylic acids is 1. The number of hydrogen-bond donors (Lipinski definition) is 0. The predicted molar refractivity (Wildman–Crippen MR) is 81.9 cm³/mol. The van der Waals surface area contributed by atoms with Crippen molar-refractivity contribution in [1.29, 1.82) is 0 Å². The van der Waals surface area contributed by atoms with Gasteiger partial charge in [0.25, 0.3) is 0 Å². The highest BCUT2D eigenvalue weighted by atomic mass is 16.5. The molecule has 21 heavy (non-hydrogen) atoms. The number of methoxy groups -OCH3 is 1. The summed E-state index contributed by atoms with van der Waals surface area (Å²) in [6, 6.07) is 16.2. The molecule has 0 unspecified atom stereocenters. The van der Waals surface area contributed by atoms with Crippen molar-refractivity contribution in [2.75, 3.05) is 12.0 Å². The van der Waals surface area contributed by atoms with Crippen LogP contribution in [0.5, 0.6) is 5.75 Å². The third kappa shape index (κ3) is 1.77. The van der Waals surface area contributed by atoms with Gasteiger partial charge in [0, 0.05) is 17.8 Å². The molecule has 1 aliphatic carbocycles. The lowest BCUT2D eigenvalue weighted by molar-refractivity contribution is 0.0958. The molecule has 2 aromatic rings. The topological polar surface area (TPSA) is 29.5 Å². The van der Waals surface area contributed by atoms with Crippen LogP contribution in [0.25, 0.3) is 0 Å². The van der Waals surface area contributed by atoms with Gasteiger partial charge in [0.05, 0.1) is 7.11 Å². The SMILES string of the molecule is COc1ccc2c(c1)C(=O)C1(CC1)N2Cc1ccccc1. The lowest BCUT2D eigenvalue weighted by Crippen LogP contribution is -2.37. The van der Waals surface area contributed by atoms with E-state index < -0.39 is 0 Å². The van der Waals surface area contributed by atoms with Crippen molar-refractivity contribution >= 4 is 11.5 Å². The molecule has 3 nitrogen and oxygen atoms in total. The van der Waals surface area contributed by atoms with Gasteiger partial charge in [-0.2, -0.15) is 0 Å². The molecule has 0 N–H and O–H groups in total. The van der Waals surface area contributed by atoms with Gasteiger partial charge in [-0.05, 0) is 36.6 Å². The van der Waals surface area contributed by atoms with Crippen LogP contribution in [-0.2, 0) is 6.54 Å². The van der Waals surface area contributed by atoms with E-state index in [-0.39, 0.29) is 11.3 Å². The van der Waals surface area contributed by atoms with Crippen LogP contribution in [-0.4, -0.2) is 18.4 Å². The van der Waals surface area contributed by atoms with E-state index in [1.54, 1.807) is 7.11 Å². The Balaban J connectivity index is 1.76. The van der Waals surface area contributed by atoms with Gasteiger partial charge >= 0.3 is 0 Å². The first kappa shape index (κ1) is 12.5. The van der Waals surface area contributed by atoms with Crippen LogP contribution >= 0.6 is 0 Å². The van der Waals surface area contributed by atoms with E-state index in [1.807, 2.05) is 36.4 Å². The van der Waals surface area contributed by atoms with Gasteiger partial charge in [0.2, 0.25) is 0 Å². The van der Waals surface area contributed by atoms with E-state index in [9.17, 15) is 4.79 Å². The second-order valence-corrected chi connectivity index (χ2v) is 5.82. The minimum absolute atomic E-state index is 0.257. The summed E-state index contributed by atoms with van der Waals surface area (Å²) < 4.78 is 5.26.